The van der Waals surface area contributed by atoms with Crippen molar-refractivity contribution in [2.24, 2.45) is 0 Å². The zero-order valence-electron chi connectivity index (χ0n) is 40.5. The minimum Gasteiger partial charge on any atom is -0.467 e. The molecule has 6 rings (SSSR count). The second-order valence-corrected chi connectivity index (χ2v) is 7.93. The maximum atomic E-state index is 12.8. The van der Waals surface area contributed by atoms with E-state index in [0.29, 0.717) is 0 Å². The second kappa shape index (κ2) is 12.6. The summed E-state index contributed by atoms with van der Waals surface area (Å²) in [4.78, 5) is 37.0. The van der Waals surface area contributed by atoms with Crippen LogP contribution in [0.25, 0.3) is 0 Å². The number of esters is 1. The number of carbonyl (C=O) groups excluding carboxylic acids is 3. The molecular formula is C29H34N2O9. The van der Waals surface area contributed by atoms with E-state index in [1.165, 1.54) is 36.4 Å². The molecule has 2 amide bonds. The number of hydrogen-bond donors (Lipinski definition) is 1. The molecule has 4 aliphatic heterocycles. The molecule has 0 bridgehead atoms. The average Bonchev–Trinajstić information content (AvgIpc) is 3.63. The van der Waals surface area contributed by atoms with Gasteiger partial charge in [0.2, 0.25) is 25.3 Å². The van der Waals surface area contributed by atoms with Crippen molar-refractivity contribution in [3.63, 3.8) is 0 Å². The summed E-state index contributed by atoms with van der Waals surface area (Å²) in [5.41, 5.74) is 0.220. The van der Waals surface area contributed by atoms with E-state index in [0.717, 1.165) is 7.11 Å². The van der Waals surface area contributed by atoms with Crippen molar-refractivity contribution in [1.82, 2.24) is 9.80 Å². The van der Waals surface area contributed by atoms with Gasteiger partial charge in [-0.1, -0.05) is 12.1 Å². The lowest BCUT2D eigenvalue weighted by Crippen LogP contribution is -2.44. The molecule has 40 heavy (non-hydrogen) atoms. The molecule has 214 valence electrons. The highest BCUT2D eigenvalue weighted by Crippen LogP contribution is 2.34. The molecule has 0 saturated carbocycles. The van der Waals surface area contributed by atoms with Crippen LogP contribution in [0.2, 0.25) is 0 Å². The van der Waals surface area contributed by atoms with E-state index in [4.69, 9.17) is 46.4 Å². The van der Waals surface area contributed by atoms with E-state index in [1.54, 1.807) is 0 Å². The van der Waals surface area contributed by atoms with Crippen molar-refractivity contribution in [3.8, 4) is 23.0 Å². The fourth-order valence-electron chi connectivity index (χ4n) is 3.55. The fourth-order valence-corrected chi connectivity index (χ4v) is 3.55. The summed E-state index contributed by atoms with van der Waals surface area (Å²) in [6.45, 7) is -15.4. The van der Waals surface area contributed by atoms with Crippen molar-refractivity contribution >= 4 is 17.8 Å². The molecule has 4 aliphatic rings. The number of aryl methyl sites for hydroxylation is 1. The Morgan fingerprint density at radius 2 is 1.70 bits per heavy atom. The zero-order chi connectivity index (χ0) is 46.0. The number of hydrogen-bond acceptors (Lipinski definition) is 10. The Bertz CT molecular complexity index is 2120. The van der Waals surface area contributed by atoms with Gasteiger partial charge in [0.25, 0.3) is 0 Å². The summed E-state index contributed by atoms with van der Waals surface area (Å²) in [7, 11) is 0.821. The second-order valence-electron chi connectivity index (χ2n) is 7.93. The van der Waals surface area contributed by atoms with Crippen LogP contribution in [0, 0.1) is 0 Å². The van der Waals surface area contributed by atoms with Crippen molar-refractivity contribution < 1.29 is 70.6 Å². The van der Waals surface area contributed by atoms with Crippen LogP contribution in [0.15, 0.2) is 36.4 Å². The standard InChI is InChI=1S/C15H15NO6.C14H19NO3/c1-20-15(19)10-3-5-13(17)16(10)14(18)7-9-2-4-11-12(6-9)22-8-21-11;16-9-12-2-1-6-15(12)7-5-11-3-4-13-14(8-11)18-10-17-13/h2,4,6,10H,3,5,7-8H2,1H3;3-4,8,12,16H,1-2,5-7,9-10H2/t10-;12-/m00/s1/i3D2,5D2,8D2,10D;1D2,2D2,6D2,7D2,9D2,10D2,12D. The number of benzene rings is 2. The van der Waals surface area contributed by atoms with Crippen LogP contribution in [0.1, 0.15) is 64.0 Å². The predicted molar refractivity (Wildman–Crippen MR) is 141 cm³/mol. The summed E-state index contributed by atoms with van der Waals surface area (Å²) >= 11 is 0. The maximum absolute atomic E-state index is 12.8. The topological polar surface area (TPSA) is 124 Å². The third-order valence-corrected chi connectivity index (χ3v) is 5.44. The first kappa shape index (κ1) is 12.4. The Morgan fingerprint density at radius 3 is 2.38 bits per heavy atom. The summed E-state index contributed by atoms with van der Waals surface area (Å²) in [6, 6.07) is 0.601. The first-order valence-electron chi connectivity index (χ1n) is 21.3. The van der Waals surface area contributed by atoms with Crippen molar-refractivity contribution in [3.05, 3.63) is 47.5 Å². The largest absolute Gasteiger partial charge is 0.467 e. The summed E-state index contributed by atoms with van der Waals surface area (Å²) in [5, 5.41) is 9.95. The van der Waals surface area contributed by atoms with Crippen LogP contribution in [-0.2, 0) is 32.0 Å². The van der Waals surface area contributed by atoms with Crippen molar-refractivity contribution in [2.75, 3.05) is 40.2 Å². The van der Waals surface area contributed by atoms with Crippen LogP contribution in [-0.4, -0.2) is 84.9 Å². The SMILES string of the molecule is [2H]C1([2H])Oc2ccc(CC(=O)N3C(=O)C([2H])([2H])C([2H])([2H])[C@@]3([2H])C(=O)OC)cc2O1.[2H]C1([2H])Oc2ccc(CC([2H])([2H])N3C([2H])([2H])C([2H])([2H])C([2H])([2H])[C@@]3([2H])C([2H])([2H])O)cc2O1. The van der Waals surface area contributed by atoms with Gasteiger partial charge >= 0.3 is 5.97 Å². The molecule has 11 heteroatoms. The van der Waals surface area contributed by atoms with Crippen LogP contribution in [0.5, 0.6) is 23.0 Å². The molecule has 0 aromatic heterocycles. The number of carbonyl (C=O) groups is 3. The normalized spacial score (nSPS) is 41.5. The molecule has 0 spiro atoms. The highest BCUT2D eigenvalue weighted by atomic mass is 16.7. The third-order valence-electron chi connectivity index (χ3n) is 5.44. The third kappa shape index (κ3) is 6.15. The first-order valence-corrected chi connectivity index (χ1v) is 11.3. The number of ether oxygens (including phenoxy) is 5. The van der Waals surface area contributed by atoms with Crippen LogP contribution >= 0.6 is 0 Å². The Balaban J connectivity index is 0.000000228. The minimum atomic E-state index is -3.87. The highest BCUT2D eigenvalue weighted by Gasteiger charge is 2.40. The molecule has 4 heterocycles. The molecule has 0 aliphatic carbocycles. The number of rotatable bonds is 7. The van der Waals surface area contributed by atoms with Crippen LogP contribution in [0.3, 0.4) is 0 Å². The Hall–Kier alpha value is -3.83. The van der Waals surface area contributed by atoms with E-state index in [9.17, 15) is 19.5 Å². The number of likely N-dealkylation sites (tertiary alicyclic amines) is 2. The molecule has 2 atom stereocenters. The van der Waals surface area contributed by atoms with Crippen molar-refractivity contribution in [1.29, 1.82) is 0 Å². The predicted octanol–water partition coefficient (Wildman–Crippen LogP) is 2.06. The smallest absolute Gasteiger partial charge is 0.329 e. The molecule has 1 N–H and O–H groups in total. The monoisotopic (exact) mass is 574 g/mol. The van der Waals surface area contributed by atoms with E-state index in [-0.39, 0.29) is 43.9 Å². The van der Waals surface area contributed by atoms with Gasteiger partial charge in [-0.25, -0.2) is 4.79 Å². The molecule has 2 aromatic rings. The Morgan fingerprint density at radius 1 is 1.05 bits per heavy atom. The quantitative estimate of drug-likeness (QED) is 0.492. The van der Waals surface area contributed by atoms with E-state index in [2.05, 4.69) is 4.74 Å². The molecule has 11 nitrogen and oxygen atoms in total. The van der Waals surface area contributed by atoms with Gasteiger partial charge < -0.3 is 28.8 Å². The maximum Gasteiger partial charge on any atom is 0.329 e. The van der Waals surface area contributed by atoms with Gasteiger partial charge in [0.05, 0.1) is 24.2 Å². The summed E-state index contributed by atoms with van der Waals surface area (Å²) < 4.78 is 181. The van der Waals surface area contributed by atoms with Crippen molar-refractivity contribution in [2.45, 2.75) is 50.4 Å². The minimum absolute atomic E-state index is 0.0139. The molecule has 0 radical (unpaired) electrons. The van der Waals surface area contributed by atoms with Gasteiger partial charge in [-0.05, 0) is 67.4 Å². The number of fused-ring (bicyclic) bond motifs is 2. The lowest BCUT2D eigenvalue weighted by atomic mass is 10.1. The van der Waals surface area contributed by atoms with Crippen LogP contribution in [0.4, 0.5) is 0 Å². The number of imide groups is 1. The summed E-state index contributed by atoms with van der Waals surface area (Å²) in [6.07, 6.45) is -15.4. The van der Waals surface area contributed by atoms with E-state index in [1.807, 2.05) is 0 Å². The number of nitrogens with zero attached hydrogens (tertiary/aromatic N) is 2. The van der Waals surface area contributed by atoms with Gasteiger partial charge in [0.1, 0.15) is 11.5 Å². The summed E-state index contributed by atoms with van der Waals surface area (Å²) in [5.74, 6) is -4.54. The molecule has 2 aromatic carbocycles. The molecule has 2 saturated heterocycles. The van der Waals surface area contributed by atoms with E-state index < -0.39 is 101 Å². The van der Waals surface area contributed by atoms with Gasteiger partial charge in [-0.2, -0.15) is 0 Å². The van der Waals surface area contributed by atoms with Gasteiger partial charge in [-0.15, -0.1) is 0 Å². The van der Waals surface area contributed by atoms with E-state index >= 15 is 0 Å². The van der Waals surface area contributed by atoms with Gasteiger partial charge in [-0.3, -0.25) is 19.4 Å². The van der Waals surface area contributed by atoms with Gasteiger partial charge in [0.15, 0.2) is 23.0 Å². The van der Waals surface area contributed by atoms with Gasteiger partial charge in [0, 0.05) is 36.7 Å². The number of methoxy groups -OCH3 is 1. The average molecular weight is 575 g/mol. The van der Waals surface area contributed by atoms with Crippen LogP contribution < -0.4 is 18.9 Å². The zero-order valence-corrected chi connectivity index (χ0v) is 20.5. The highest BCUT2D eigenvalue weighted by molar-refractivity contribution is 6.02. The number of amides is 2. The first-order chi connectivity index (χ1) is 26.8. The molecular weight excluding hydrogens is 520 g/mol. The molecule has 2 fully saturated rings. The lowest BCUT2D eigenvalue weighted by molar-refractivity contribution is -0.155. The number of aliphatic hydroxyl groups is 1. The molecule has 0 unspecified atom stereocenters. The lowest BCUT2D eigenvalue weighted by Gasteiger charge is -2.22. The Labute approximate surface area is 260 Å². The Kier molecular flexibility index (Phi) is 3.88. The fraction of sp³-hybridized carbons (Fsp3) is 0.483.